The molecular formula is C23H33N3O4S. The van der Waals surface area contributed by atoms with Crippen molar-refractivity contribution in [2.45, 2.75) is 65.8 Å². The molecule has 0 bridgehead atoms. The third-order valence-corrected chi connectivity index (χ3v) is 6.03. The minimum absolute atomic E-state index is 0.0713. The zero-order chi connectivity index (χ0) is 23.3. The van der Waals surface area contributed by atoms with Crippen LogP contribution in [-0.2, 0) is 20.9 Å². The Morgan fingerprint density at radius 1 is 1.16 bits per heavy atom. The molecule has 0 spiro atoms. The molecule has 2 rings (SSSR count). The number of β-amino-alcohol motifs (C(OH)–C–C–N with tert-alkyl or cyclic N) is 1. The Bertz CT molecular complexity index is 847. The van der Waals surface area contributed by atoms with Gasteiger partial charge in [0.05, 0.1) is 6.10 Å². The number of hydrogen-bond donors (Lipinski definition) is 4. The number of allylic oxidation sites excluding steroid dienone is 1. The molecule has 1 aromatic rings. The first-order valence-electron chi connectivity index (χ1n) is 10.5. The maximum Gasteiger partial charge on any atom is 0.246 e. The van der Waals surface area contributed by atoms with Crippen molar-refractivity contribution in [3.05, 3.63) is 41.0 Å². The molecule has 1 fully saturated rings. The van der Waals surface area contributed by atoms with Gasteiger partial charge >= 0.3 is 0 Å². The molecule has 3 N–H and O–H groups in total. The molecule has 1 aromatic carbocycles. The number of hydrogen-bond acceptors (Lipinski definition) is 5. The molecular weight excluding hydrogens is 414 g/mol. The van der Waals surface area contributed by atoms with E-state index in [0.717, 1.165) is 21.6 Å². The number of rotatable bonds is 7. The quantitative estimate of drug-likeness (QED) is 0.481. The second-order valence-corrected chi connectivity index (χ2v) is 9.03. The summed E-state index contributed by atoms with van der Waals surface area (Å²) in [4.78, 5) is 39.7. The fourth-order valence-electron chi connectivity index (χ4n) is 3.59. The van der Waals surface area contributed by atoms with Gasteiger partial charge in [0, 0.05) is 31.3 Å². The molecule has 31 heavy (non-hydrogen) atoms. The van der Waals surface area contributed by atoms with Crippen molar-refractivity contribution in [3.8, 4) is 0 Å². The van der Waals surface area contributed by atoms with Crippen LogP contribution >= 0.6 is 12.6 Å². The summed E-state index contributed by atoms with van der Waals surface area (Å²) in [5.74, 6) is -1.13. The molecule has 3 amide bonds. The Kier molecular flexibility index (Phi) is 8.70. The van der Waals surface area contributed by atoms with Crippen molar-refractivity contribution < 1.29 is 19.5 Å². The first kappa shape index (κ1) is 24.9. The minimum Gasteiger partial charge on any atom is -0.391 e. The average Bonchev–Trinajstić information content (AvgIpc) is 3.11. The van der Waals surface area contributed by atoms with Crippen LogP contribution in [0.15, 0.2) is 29.8 Å². The number of aliphatic hydroxyl groups is 1. The number of carbonyl (C=O) groups is 3. The number of amides is 3. The van der Waals surface area contributed by atoms with Gasteiger partial charge in [-0.3, -0.25) is 14.4 Å². The SMILES string of the molecule is CC(=O)N[C@H](C(=O)N1C[C@H](O)C[C@H]1C(=O)NCc1ccc(C(S)=C(C)C)cc1)C(C)C. The summed E-state index contributed by atoms with van der Waals surface area (Å²) in [6, 6.07) is 6.24. The third kappa shape index (κ3) is 6.58. The number of nitrogens with one attached hydrogen (secondary N) is 2. The van der Waals surface area contributed by atoms with Gasteiger partial charge in [-0.05, 0) is 30.9 Å². The van der Waals surface area contributed by atoms with Crippen LogP contribution in [0.3, 0.4) is 0 Å². The molecule has 7 nitrogen and oxygen atoms in total. The summed E-state index contributed by atoms with van der Waals surface area (Å²) in [6.07, 6.45) is -0.604. The van der Waals surface area contributed by atoms with E-state index in [0.29, 0.717) is 6.54 Å². The first-order valence-corrected chi connectivity index (χ1v) is 10.9. The van der Waals surface area contributed by atoms with Crippen LogP contribution in [0.2, 0.25) is 0 Å². The summed E-state index contributed by atoms with van der Waals surface area (Å²) in [5.41, 5.74) is 3.04. The van der Waals surface area contributed by atoms with Gasteiger partial charge in [0.2, 0.25) is 17.7 Å². The highest BCUT2D eigenvalue weighted by atomic mass is 32.1. The van der Waals surface area contributed by atoms with E-state index in [2.05, 4.69) is 23.3 Å². The van der Waals surface area contributed by atoms with Crippen molar-refractivity contribution in [1.29, 1.82) is 0 Å². The standard InChI is InChI=1S/C23H33N3O4S/c1-13(2)20(25-15(5)27)23(30)26-12-18(28)10-19(26)22(29)24-11-16-6-8-17(9-7-16)21(31)14(3)4/h6-9,13,18-20,28,31H,10-12H2,1-5H3,(H,24,29)(H,25,27)/t18-,19+,20+/m1/s1. The molecule has 0 unspecified atom stereocenters. The van der Waals surface area contributed by atoms with E-state index in [1.807, 2.05) is 52.0 Å². The Morgan fingerprint density at radius 2 is 1.77 bits per heavy atom. The van der Waals surface area contributed by atoms with Crippen molar-refractivity contribution in [2.24, 2.45) is 5.92 Å². The van der Waals surface area contributed by atoms with E-state index in [1.54, 1.807) is 0 Å². The van der Waals surface area contributed by atoms with Crippen molar-refractivity contribution >= 4 is 35.3 Å². The minimum atomic E-state index is -0.776. The average molecular weight is 448 g/mol. The summed E-state index contributed by atoms with van der Waals surface area (Å²) < 4.78 is 0. The Labute approximate surface area is 189 Å². The second-order valence-electron chi connectivity index (χ2n) is 8.58. The molecule has 0 aromatic heterocycles. The van der Waals surface area contributed by atoms with Crippen molar-refractivity contribution in [2.75, 3.05) is 6.54 Å². The highest BCUT2D eigenvalue weighted by molar-refractivity contribution is 7.90. The van der Waals surface area contributed by atoms with Crippen LogP contribution in [0, 0.1) is 5.92 Å². The van der Waals surface area contributed by atoms with E-state index in [-0.39, 0.29) is 36.6 Å². The van der Waals surface area contributed by atoms with Crippen molar-refractivity contribution in [3.63, 3.8) is 0 Å². The topological polar surface area (TPSA) is 98.7 Å². The highest BCUT2D eigenvalue weighted by Crippen LogP contribution is 2.23. The van der Waals surface area contributed by atoms with E-state index >= 15 is 0 Å². The summed E-state index contributed by atoms with van der Waals surface area (Å²) in [7, 11) is 0. The van der Waals surface area contributed by atoms with E-state index in [9.17, 15) is 19.5 Å². The van der Waals surface area contributed by atoms with Gasteiger partial charge in [-0.1, -0.05) is 43.7 Å². The fourth-order valence-corrected chi connectivity index (χ4v) is 3.74. The molecule has 0 saturated carbocycles. The molecule has 1 aliphatic heterocycles. The predicted molar refractivity (Wildman–Crippen MR) is 124 cm³/mol. The lowest BCUT2D eigenvalue weighted by molar-refractivity contribution is -0.142. The van der Waals surface area contributed by atoms with Crippen LogP contribution in [0.4, 0.5) is 0 Å². The maximum absolute atomic E-state index is 13.0. The molecule has 1 saturated heterocycles. The second kappa shape index (κ2) is 10.8. The Morgan fingerprint density at radius 3 is 2.29 bits per heavy atom. The van der Waals surface area contributed by atoms with Gasteiger partial charge in [-0.15, -0.1) is 12.6 Å². The number of benzene rings is 1. The van der Waals surface area contributed by atoms with Gasteiger partial charge in [-0.2, -0.15) is 0 Å². The van der Waals surface area contributed by atoms with Gasteiger partial charge in [-0.25, -0.2) is 0 Å². The summed E-state index contributed by atoms with van der Waals surface area (Å²) in [6.45, 7) is 9.38. The predicted octanol–water partition coefficient (Wildman–Crippen LogP) is 2.11. The number of aliphatic hydroxyl groups excluding tert-OH is 1. The Balaban J connectivity index is 2.06. The highest BCUT2D eigenvalue weighted by Gasteiger charge is 2.41. The van der Waals surface area contributed by atoms with Crippen LogP contribution in [0.25, 0.3) is 4.91 Å². The van der Waals surface area contributed by atoms with E-state index in [4.69, 9.17) is 0 Å². The lowest BCUT2D eigenvalue weighted by Gasteiger charge is -2.30. The van der Waals surface area contributed by atoms with Crippen molar-refractivity contribution in [1.82, 2.24) is 15.5 Å². The van der Waals surface area contributed by atoms with Crippen LogP contribution in [-0.4, -0.2) is 52.5 Å². The van der Waals surface area contributed by atoms with Gasteiger partial charge < -0.3 is 20.6 Å². The fraction of sp³-hybridized carbons (Fsp3) is 0.522. The van der Waals surface area contributed by atoms with Gasteiger partial charge in [0.25, 0.3) is 0 Å². The molecule has 1 aliphatic rings. The van der Waals surface area contributed by atoms with Crippen LogP contribution in [0.1, 0.15) is 52.2 Å². The molecule has 3 atom stereocenters. The number of likely N-dealkylation sites (tertiary alicyclic amines) is 1. The smallest absolute Gasteiger partial charge is 0.246 e. The van der Waals surface area contributed by atoms with E-state index in [1.165, 1.54) is 11.8 Å². The lowest BCUT2D eigenvalue weighted by Crippen LogP contribution is -2.55. The van der Waals surface area contributed by atoms with Crippen LogP contribution in [0.5, 0.6) is 0 Å². The zero-order valence-corrected chi connectivity index (χ0v) is 19.7. The molecule has 0 radical (unpaired) electrons. The Hall–Kier alpha value is -2.32. The summed E-state index contributed by atoms with van der Waals surface area (Å²) in [5, 5.41) is 15.6. The molecule has 8 heteroatoms. The molecule has 1 heterocycles. The summed E-state index contributed by atoms with van der Waals surface area (Å²) >= 11 is 4.50. The molecule has 0 aliphatic carbocycles. The maximum atomic E-state index is 13.0. The van der Waals surface area contributed by atoms with Gasteiger partial charge in [0.1, 0.15) is 12.1 Å². The monoisotopic (exact) mass is 447 g/mol. The zero-order valence-electron chi connectivity index (χ0n) is 18.8. The number of nitrogens with zero attached hydrogens (tertiary/aromatic N) is 1. The van der Waals surface area contributed by atoms with E-state index < -0.39 is 18.2 Å². The molecule has 170 valence electrons. The largest absolute Gasteiger partial charge is 0.391 e. The lowest BCUT2D eigenvalue weighted by atomic mass is 10.0. The third-order valence-electron chi connectivity index (χ3n) is 5.32. The number of thiol groups is 1. The first-order chi connectivity index (χ1) is 14.5. The number of carbonyl (C=O) groups excluding carboxylic acids is 3. The van der Waals surface area contributed by atoms with Crippen LogP contribution < -0.4 is 10.6 Å². The van der Waals surface area contributed by atoms with Gasteiger partial charge in [0.15, 0.2) is 0 Å². The normalized spacial score (nSPS) is 19.2.